The number of hydrogen-bond donors (Lipinski definition) is 1. The van der Waals surface area contributed by atoms with E-state index >= 15 is 0 Å². The third kappa shape index (κ3) is 3.70. The zero-order valence-electron chi connectivity index (χ0n) is 11.6. The van der Waals surface area contributed by atoms with E-state index in [0.29, 0.717) is 12.1 Å². The number of rotatable bonds is 4. The van der Waals surface area contributed by atoms with Gasteiger partial charge in [0.25, 0.3) is 0 Å². The number of anilines is 1. The Morgan fingerprint density at radius 3 is 2.52 bits per heavy atom. The van der Waals surface area contributed by atoms with Crippen LogP contribution in [0.2, 0.25) is 0 Å². The maximum atomic E-state index is 12.8. The lowest BCUT2D eigenvalue weighted by Crippen LogP contribution is -2.22. The van der Waals surface area contributed by atoms with Crippen LogP contribution >= 0.6 is 11.3 Å². The lowest BCUT2D eigenvalue weighted by molar-refractivity contribution is -0.141. The maximum absolute atomic E-state index is 12.8. The molecule has 0 aliphatic carbocycles. The Kier molecular flexibility index (Phi) is 4.48. The lowest BCUT2D eigenvalue weighted by atomic mass is 10.2. The Morgan fingerprint density at radius 1 is 1.29 bits per heavy atom. The van der Waals surface area contributed by atoms with E-state index in [2.05, 4.69) is 9.97 Å². The molecule has 0 radical (unpaired) electrons. The molecule has 0 spiro atoms. The summed E-state index contributed by atoms with van der Waals surface area (Å²) >= 11 is 1.50. The van der Waals surface area contributed by atoms with Gasteiger partial charge in [-0.05, 0) is 13.0 Å². The Bertz CT molecular complexity index is 624. The van der Waals surface area contributed by atoms with E-state index in [-0.39, 0.29) is 12.4 Å². The highest BCUT2D eigenvalue weighted by Crippen LogP contribution is 2.30. The molecule has 21 heavy (non-hydrogen) atoms. The molecule has 0 atom stereocenters. The number of aryl methyl sites for hydroxylation is 1. The topological polar surface area (TPSA) is 55.0 Å². The van der Waals surface area contributed by atoms with Crippen LogP contribution in [0.1, 0.15) is 22.0 Å². The molecular weight excluding hydrogens is 301 g/mol. The van der Waals surface area contributed by atoms with Crippen molar-refractivity contribution in [3.05, 3.63) is 39.5 Å². The lowest BCUT2D eigenvalue weighted by Gasteiger charge is -2.21. The third-order valence-corrected chi connectivity index (χ3v) is 3.72. The number of nitrogens with zero attached hydrogens (tertiary/aromatic N) is 3. The van der Waals surface area contributed by atoms with Crippen LogP contribution in [0, 0.1) is 6.92 Å². The Morgan fingerprint density at radius 2 is 2.00 bits per heavy atom. The van der Waals surface area contributed by atoms with Gasteiger partial charge in [-0.3, -0.25) is 0 Å². The van der Waals surface area contributed by atoms with Crippen molar-refractivity contribution < 1.29 is 13.2 Å². The molecule has 8 heteroatoms. The summed E-state index contributed by atoms with van der Waals surface area (Å²) in [4.78, 5) is 9.64. The van der Waals surface area contributed by atoms with Gasteiger partial charge in [-0.15, -0.1) is 11.3 Å². The molecule has 4 nitrogen and oxygen atoms in total. The molecule has 2 N–H and O–H groups in total. The van der Waals surface area contributed by atoms with Crippen molar-refractivity contribution >= 4 is 17.2 Å². The van der Waals surface area contributed by atoms with Crippen LogP contribution in [0.5, 0.6) is 0 Å². The minimum atomic E-state index is -4.47. The van der Waals surface area contributed by atoms with E-state index in [4.69, 9.17) is 5.73 Å². The molecule has 0 amide bonds. The molecule has 0 fully saturated rings. The van der Waals surface area contributed by atoms with Crippen LogP contribution in [-0.4, -0.2) is 17.0 Å². The standard InChI is InChI=1S/C13H15F3N4S/c1-8-18-10(7-21-8)6-20(2)12-9(5-17)3-4-11(19-12)13(14,15)16/h3-4,7H,5-6,17H2,1-2H3. The average Bonchev–Trinajstić information content (AvgIpc) is 2.82. The molecule has 2 aromatic heterocycles. The van der Waals surface area contributed by atoms with Gasteiger partial charge >= 0.3 is 6.18 Å². The summed E-state index contributed by atoms with van der Waals surface area (Å²) in [5, 5.41) is 2.79. The van der Waals surface area contributed by atoms with E-state index in [1.54, 1.807) is 11.9 Å². The van der Waals surface area contributed by atoms with Crippen LogP contribution in [-0.2, 0) is 19.3 Å². The minimum absolute atomic E-state index is 0.126. The second-order valence-electron chi connectivity index (χ2n) is 4.60. The molecule has 0 aliphatic rings. The van der Waals surface area contributed by atoms with Gasteiger partial charge in [0, 0.05) is 24.5 Å². The number of nitrogens with two attached hydrogens (primary N) is 1. The summed E-state index contributed by atoms with van der Waals surface area (Å²) in [5.41, 5.74) is 6.02. The largest absolute Gasteiger partial charge is 0.433 e. The van der Waals surface area contributed by atoms with Crippen LogP contribution in [0.4, 0.5) is 19.0 Å². The van der Waals surface area contributed by atoms with Gasteiger partial charge in [0.05, 0.1) is 17.2 Å². The predicted molar refractivity (Wildman–Crippen MR) is 76.1 cm³/mol. The van der Waals surface area contributed by atoms with Crippen molar-refractivity contribution in [2.45, 2.75) is 26.2 Å². The van der Waals surface area contributed by atoms with Crippen LogP contribution < -0.4 is 10.6 Å². The molecule has 0 bridgehead atoms. The summed E-state index contributed by atoms with van der Waals surface area (Å²) in [5.74, 6) is 0.234. The highest BCUT2D eigenvalue weighted by molar-refractivity contribution is 7.09. The fourth-order valence-electron chi connectivity index (χ4n) is 1.92. The zero-order chi connectivity index (χ0) is 15.6. The first-order chi connectivity index (χ1) is 9.81. The fourth-order valence-corrected chi connectivity index (χ4v) is 2.53. The quantitative estimate of drug-likeness (QED) is 0.942. The summed E-state index contributed by atoms with van der Waals surface area (Å²) in [6.45, 7) is 2.38. The van der Waals surface area contributed by atoms with Crippen molar-refractivity contribution in [3.8, 4) is 0 Å². The van der Waals surface area contributed by atoms with E-state index in [1.807, 2.05) is 12.3 Å². The van der Waals surface area contributed by atoms with Gasteiger partial charge in [-0.2, -0.15) is 13.2 Å². The molecule has 0 aromatic carbocycles. The summed E-state index contributed by atoms with van der Waals surface area (Å²) in [7, 11) is 1.68. The third-order valence-electron chi connectivity index (χ3n) is 2.89. The number of thiazole rings is 1. The van der Waals surface area contributed by atoms with Gasteiger partial charge in [-0.25, -0.2) is 9.97 Å². The van der Waals surface area contributed by atoms with Crippen LogP contribution in [0.15, 0.2) is 17.5 Å². The molecule has 2 rings (SSSR count). The van der Waals surface area contributed by atoms with E-state index in [0.717, 1.165) is 16.8 Å². The molecule has 0 unspecified atom stereocenters. The predicted octanol–water partition coefficient (Wildman–Crippen LogP) is 2.96. The second kappa shape index (κ2) is 5.98. The molecule has 2 heterocycles. The summed E-state index contributed by atoms with van der Waals surface area (Å²) in [6.07, 6.45) is -4.47. The Hall–Kier alpha value is -1.67. The van der Waals surface area contributed by atoms with Crippen molar-refractivity contribution in [2.75, 3.05) is 11.9 Å². The van der Waals surface area contributed by atoms with Crippen LogP contribution in [0.3, 0.4) is 0 Å². The van der Waals surface area contributed by atoms with Crippen molar-refractivity contribution in [2.24, 2.45) is 5.73 Å². The number of hydrogen-bond acceptors (Lipinski definition) is 5. The highest BCUT2D eigenvalue weighted by atomic mass is 32.1. The van der Waals surface area contributed by atoms with Crippen LogP contribution in [0.25, 0.3) is 0 Å². The number of pyridine rings is 1. The van der Waals surface area contributed by atoms with Gasteiger partial charge in [0.2, 0.25) is 0 Å². The average molecular weight is 316 g/mol. The van der Waals surface area contributed by atoms with E-state index in [1.165, 1.54) is 17.4 Å². The number of halogens is 3. The first-order valence-corrected chi connectivity index (χ1v) is 7.08. The maximum Gasteiger partial charge on any atom is 0.433 e. The van der Waals surface area contributed by atoms with Crippen molar-refractivity contribution in [1.29, 1.82) is 0 Å². The molecule has 0 aliphatic heterocycles. The van der Waals surface area contributed by atoms with Gasteiger partial charge in [-0.1, -0.05) is 6.07 Å². The molecule has 0 saturated carbocycles. The van der Waals surface area contributed by atoms with E-state index in [9.17, 15) is 13.2 Å². The smallest absolute Gasteiger partial charge is 0.353 e. The monoisotopic (exact) mass is 316 g/mol. The summed E-state index contributed by atoms with van der Waals surface area (Å²) < 4.78 is 38.3. The summed E-state index contributed by atoms with van der Waals surface area (Å²) in [6, 6.07) is 2.32. The SMILES string of the molecule is Cc1nc(CN(C)c2nc(C(F)(F)F)ccc2CN)cs1. The van der Waals surface area contributed by atoms with Crippen molar-refractivity contribution in [1.82, 2.24) is 9.97 Å². The van der Waals surface area contributed by atoms with Gasteiger partial charge in [0.1, 0.15) is 11.5 Å². The number of alkyl halides is 3. The highest BCUT2D eigenvalue weighted by Gasteiger charge is 2.33. The molecular formula is C13H15F3N4S. The first kappa shape index (κ1) is 15.7. The molecule has 0 saturated heterocycles. The van der Waals surface area contributed by atoms with Crippen molar-refractivity contribution in [3.63, 3.8) is 0 Å². The zero-order valence-corrected chi connectivity index (χ0v) is 12.4. The minimum Gasteiger partial charge on any atom is -0.353 e. The molecule has 2 aromatic rings. The number of aromatic nitrogens is 2. The molecule has 114 valence electrons. The Labute approximate surface area is 124 Å². The van der Waals surface area contributed by atoms with E-state index < -0.39 is 11.9 Å². The normalized spacial score (nSPS) is 11.7. The second-order valence-corrected chi connectivity index (χ2v) is 5.66. The van der Waals surface area contributed by atoms with Gasteiger partial charge < -0.3 is 10.6 Å². The van der Waals surface area contributed by atoms with Gasteiger partial charge in [0.15, 0.2) is 0 Å². The fraction of sp³-hybridized carbons (Fsp3) is 0.385. The first-order valence-electron chi connectivity index (χ1n) is 6.20. The Balaban J connectivity index is 2.31.